The van der Waals surface area contributed by atoms with Crippen LogP contribution in [-0.2, 0) is 0 Å². The molecule has 0 atom stereocenters. The number of fused-ring (bicyclic) bond motifs is 1. The Kier molecular flexibility index (Phi) is 2.79. The molecule has 0 aliphatic carbocycles. The first kappa shape index (κ1) is 11.5. The van der Waals surface area contributed by atoms with Crippen molar-refractivity contribution < 1.29 is 0 Å². The van der Waals surface area contributed by atoms with Gasteiger partial charge in [0.1, 0.15) is 5.82 Å². The standard InChI is InChI=1S/C14H13N5/c1-19(2)12-6-5-11(8-16-12)14-17-9-10-4-3-7-15-13(10)18-14/h3-9H,1-2H3. The lowest BCUT2D eigenvalue weighted by Gasteiger charge is -2.10. The van der Waals surface area contributed by atoms with Crippen molar-refractivity contribution in [2.24, 2.45) is 0 Å². The number of rotatable bonds is 2. The van der Waals surface area contributed by atoms with E-state index in [4.69, 9.17) is 0 Å². The number of hydrogen-bond donors (Lipinski definition) is 0. The van der Waals surface area contributed by atoms with E-state index >= 15 is 0 Å². The molecule has 0 aromatic carbocycles. The van der Waals surface area contributed by atoms with Gasteiger partial charge in [0, 0.05) is 43.6 Å². The van der Waals surface area contributed by atoms with Crippen LogP contribution in [0.15, 0.2) is 42.9 Å². The van der Waals surface area contributed by atoms with Crippen molar-refractivity contribution in [3.05, 3.63) is 42.9 Å². The van der Waals surface area contributed by atoms with Crippen LogP contribution in [-0.4, -0.2) is 34.0 Å². The Morgan fingerprint density at radius 3 is 2.58 bits per heavy atom. The molecule has 0 aliphatic rings. The van der Waals surface area contributed by atoms with Crippen LogP contribution in [0.5, 0.6) is 0 Å². The minimum Gasteiger partial charge on any atom is -0.363 e. The SMILES string of the molecule is CN(C)c1ccc(-c2ncc3cccnc3n2)cn1. The predicted octanol–water partition coefficient (Wildman–Crippen LogP) is 2.15. The summed E-state index contributed by atoms with van der Waals surface area (Å²) in [6.45, 7) is 0. The van der Waals surface area contributed by atoms with Gasteiger partial charge in [-0.2, -0.15) is 0 Å². The fourth-order valence-electron chi connectivity index (χ4n) is 1.79. The molecule has 0 bridgehead atoms. The van der Waals surface area contributed by atoms with Gasteiger partial charge in [-0.25, -0.2) is 19.9 Å². The van der Waals surface area contributed by atoms with E-state index in [0.29, 0.717) is 11.5 Å². The Balaban J connectivity index is 2.03. The molecule has 0 radical (unpaired) electrons. The van der Waals surface area contributed by atoms with Gasteiger partial charge in [0.15, 0.2) is 11.5 Å². The molecule has 0 aliphatic heterocycles. The second-order valence-corrected chi connectivity index (χ2v) is 4.41. The highest BCUT2D eigenvalue weighted by molar-refractivity contribution is 5.75. The Morgan fingerprint density at radius 1 is 0.947 bits per heavy atom. The smallest absolute Gasteiger partial charge is 0.163 e. The first-order chi connectivity index (χ1) is 9.24. The van der Waals surface area contributed by atoms with Gasteiger partial charge in [0.2, 0.25) is 0 Å². The normalized spacial score (nSPS) is 10.6. The lowest BCUT2D eigenvalue weighted by atomic mass is 10.2. The quantitative estimate of drug-likeness (QED) is 0.698. The van der Waals surface area contributed by atoms with Crippen LogP contribution in [0.2, 0.25) is 0 Å². The number of hydrogen-bond acceptors (Lipinski definition) is 5. The van der Waals surface area contributed by atoms with Gasteiger partial charge < -0.3 is 4.90 Å². The monoisotopic (exact) mass is 251 g/mol. The van der Waals surface area contributed by atoms with Crippen LogP contribution in [0.3, 0.4) is 0 Å². The summed E-state index contributed by atoms with van der Waals surface area (Å²) in [5.41, 5.74) is 1.59. The molecule has 3 rings (SSSR count). The Bertz CT molecular complexity index is 706. The van der Waals surface area contributed by atoms with E-state index in [9.17, 15) is 0 Å². The summed E-state index contributed by atoms with van der Waals surface area (Å²) >= 11 is 0. The zero-order chi connectivity index (χ0) is 13.2. The molecule has 0 fully saturated rings. The predicted molar refractivity (Wildman–Crippen MR) is 74.9 cm³/mol. The highest BCUT2D eigenvalue weighted by Crippen LogP contribution is 2.18. The Hall–Kier alpha value is -2.56. The highest BCUT2D eigenvalue weighted by Gasteiger charge is 2.05. The molecular weight excluding hydrogens is 238 g/mol. The maximum absolute atomic E-state index is 4.44. The summed E-state index contributed by atoms with van der Waals surface area (Å²) in [6.07, 6.45) is 5.29. The van der Waals surface area contributed by atoms with Crippen LogP contribution in [0.4, 0.5) is 5.82 Å². The zero-order valence-electron chi connectivity index (χ0n) is 10.8. The fourth-order valence-corrected chi connectivity index (χ4v) is 1.79. The van der Waals surface area contributed by atoms with Gasteiger partial charge in [-0.3, -0.25) is 0 Å². The average molecular weight is 251 g/mol. The van der Waals surface area contributed by atoms with Crippen molar-refractivity contribution in [1.82, 2.24) is 19.9 Å². The molecule has 0 spiro atoms. The summed E-state index contributed by atoms with van der Waals surface area (Å²) in [7, 11) is 3.91. The van der Waals surface area contributed by atoms with Crippen LogP contribution in [0, 0.1) is 0 Å². The summed E-state index contributed by atoms with van der Waals surface area (Å²) in [5, 5.41) is 0.934. The van der Waals surface area contributed by atoms with Gasteiger partial charge in [-0.05, 0) is 24.3 Å². The maximum atomic E-state index is 4.44. The third-order valence-corrected chi connectivity index (χ3v) is 2.82. The Morgan fingerprint density at radius 2 is 1.84 bits per heavy atom. The van der Waals surface area contributed by atoms with Crippen molar-refractivity contribution in [3.8, 4) is 11.4 Å². The van der Waals surface area contributed by atoms with E-state index in [1.54, 1.807) is 18.6 Å². The molecule has 19 heavy (non-hydrogen) atoms. The molecule has 0 N–H and O–H groups in total. The zero-order valence-corrected chi connectivity index (χ0v) is 10.8. The molecule has 5 heteroatoms. The average Bonchev–Trinajstić information content (AvgIpc) is 2.47. The molecule has 5 nitrogen and oxygen atoms in total. The number of aromatic nitrogens is 4. The summed E-state index contributed by atoms with van der Waals surface area (Å²) < 4.78 is 0. The van der Waals surface area contributed by atoms with Crippen LogP contribution < -0.4 is 4.90 Å². The third kappa shape index (κ3) is 2.22. The number of anilines is 1. The highest BCUT2D eigenvalue weighted by atomic mass is 15.1. The van der Waals surface area contributed by atoms with E-state index < -0.39 is 0 Å². The molecule has 0 saturated heterocycles. The number of nitrogens with zero attached hydrogens (tertiary/aromatic N) is 5. The molecule has 3 aromatic heterocycles. The van der Waals surface area contributed by atoms with Gasteiger partial charge in [0.25, 0.3) is 0 Å². The topological polar surface area (TPSA) is 54.8 Å². The lowest BCUT2D eigenvalue weighted by Crippen LogP contribution is -2.10. The van der Waals surface area contributed by atoms with Crippen molar-refractivity contribution in [1.29, 1.82) is 0 Å². The molecule has 3 heterocycles. The lowest BCUT2D eigenvalue weighted by molar-refractivity contribution is 1.06. The van der Waals surface area contributed by atoms with Gasteiger partial charge in [-0.1, -0.05) is 0 Å². The molecular formula is C14H13N5. The van der Waals surface area contributed by atoms with E-state index in [0.717, 1.165) is 16.8 Å². The van der Waals surface area contributed by atoms with E-state index in [2.05, 4.69) is 19.9 Å². The van der Waals surface area contributed by atoms with E-state index in [1.807, 2.05) is 43.3 Å². The van der Waals surface area contributed by atoms with Crippen LogP contribution >= 0.6 is 0 Å². The maximum Gasteiger partial charge on any atom is 0.163 e. The number of pyridine rings is 2. The minimum absolute atomic E-state index is 0.643. The van der Waals surface area contributed by atoms with Crippen molar-refractivity contribution in [2.45, 2.75) is 0 Å². The van der Waals surface area contributed by atoms with Gasteiger partial charge >= 0.3 is 0 Å². The molecule has 0 amide bonds. The van der Waals surface area contributed by atoms with Crippen LogP contribution in [0.25, 0.3) is 22.4 Å². The molecule has 3 aromatic rings. The first-order valence-electron chi connectivity index (χ1n) is 5.95. The first-order valence-corrected chi connectivity index (χ1v) is 5.95. The molecule has 0 unspecified atom stereocenters. The van der Waals surface area contributed by atoms with Crippen molar-refractivity contribution in [3.63, 3.8) is 0 Å². The van der Waals surface area contributed by atoms with Gasteiger partial charge in [0.05, 0.1) is 0 Å². The largest absolute Gasteiger partial charge is 0.363 e. The second-order valence-electron chi connectivity index (χ2n) is 4.41. The van der Waals surface area contributed by atoms with Gasteiger partial charge in [-0.15, -0.1) is 0 Å². The summed E-state index contributed by atoms with van der Waals surface area (Å²) in [5.74, 6) is 1.55. The van der Waals surface area contributed by atoms with Crippen molar-refractivity contribution in [2.75, 3.05) is 19.0 Å². The summed E-state index contributed by atoms with van der Waals surface area (Å²) in [4.78, 5) is 19.3. The molecule has 0 saturated carbocycles. The van der Waals surface area contributed by atoms with E-state index in [1.165, 1.54) is 0 Å². The fraction of sp³-hybridized carbons (Fsp3) is 0.143. The minimum atomic E-state index is 0.643. The third-order valence-electron chi connectivity index (χ3n) is 2.82. The van der Waals surface area contributed by atoms with E-state index in [-0.39, 0.29) is 0 Å². The second kappa shape index (κ2) is 4.61. The van der Waals surface area contributed by atoms with Crippen LogP contribution in [0.1, 0.15) is 0 Å². The Labute approximate surface area is 111 Å². The molecule has 94 valence electrons. The summed E-state index contributed by atoms with van der Waals surface area (Å²) in [6, 6.07) is 7.73. The van der Waals surface area contributed by atoms with Crippen molar-refractivity contribution >= 4 is 16.9 Å².